The minimum Gasteiger partial charge on any atom is -0.479 e. The molecule has 2 N–H and O–H groups in total. The highest BCUT2D eigenvalue weighted by atomic mass is 16.5. The van der Waals surface area contributed by atoms with Crippen LogP contribution in [0.25, 0.3) is 0 Å². The Kier molecular flexibility index (Phi) is 6.58. The minimum atomic E-state index is -1.09. The van der Waals surface area contributed by atoms with Crippen molar-refractivity contribution in [2.24, 2.45) is 5.92 Å². The molecule has 7 nitrogen and oxygen atoms in total. The van der Waals surface area contributed by atoms with Crippen LogP contribution < -0.4 is 5.32 Å². The molecule has 1 unspecified atom stereocenters. The lowest BCUT2D eigenvalue weighted by Crippen LogP contribution is -2.45. The van der Waals surface area contributed by atoms with E-state index in [0.29, 0.717) is 12.5 Å². The zero-order valence-corrected chi connectivity index (χ0v) is 11.4. The van der Waals surface area contributed by atoms with Gasteiger partial charge in [-0.05, 0) is 18.8 Å². The molecule has 1 saturated heterocycles. The zero-order valence-electron chi connectivity index (χ0n) is 11.4. The number of carbonyl (C=O) groups is 2. The van der Waals surface area contributed by atoms with Gasteiger partial charge in [0.1, 0.15) is 0 Å². The number of carboxylic acids is 1. The van der Waals surface area contributed by atoms with Crippen LogP contribution in [0.2, 0.25) is 0 Å². The van der Waals surface area contributed by atoms with E-state index in [1.807, 2.05) is 0 Å². The van der Waals surface area contributed by atoms with E-state index in [-0.39, 0.29) is 12.6 Å². The van der Waals surface area contributed by atoms with Crippen LogP contribution in [0.4, 0.5) is 4.79 Å². The van der Waals surface area contributed by atoms with E-state index in [0.717, 1.165) is 26.1 Å². The Hall–Kier alpha value is -1.34. The number of nitrogens with zero attached hydrogens (tertiary/aromatic N) is 1. The Labute approximate surface area is 112 Å². The van der Waals surface area contributed by atoms with Crippen molar-refractivity contribution in [1.82, 2.24) is 10.2 Å². The van der Waals surface area contributed by atoms with Crippen molar-refractivity contribution >= 4 is 12.0 Å². The summed E-state index contributed by atoms with van der Waals surface area (Å²) in [7, 11) is 3.00. The largest absolute Gasteiger partial charge is 0.479 e. The molecule has 0 bridgehead atoms. The maximum atomic E-state index is 11.8. The molecule has 1 heterocycles. The third kappa shape index (κ3) is 5.44. The first-order valence-electron chi connectivity index (χ1n) is 6.37. The maximum absolute atomic E-state index is 11.8. The number of carboxylic acid groups (broad SMARTS) is 1. The second kappa shape index (κ2) is 7.96. The van der Waals surface area contributed by atoms with Crippen molar-refractivity contribution in [1.29, 1.82) is 0 Å². The molecule has 19 heavy (non-hydrogen) atoms. The van der Waals surface area contributed by atoms with E-state index in [1.54, 1.807) is 11.9 Å². The number of hydrogen-bond donors (Lipinski definition) is 2. The molecule has 0 saturated carbocycles. The number of methoxy groups -OCH3 is 1. The molecule has 110 valence electrons. The monoisotopic (exact) mass is 274 g/mol. The van der Waals surface area contributed by atoms with E-state index in [4.69, 9.17) is 14.6 Å². The quantitative estimate of drug-likeness (QED) is 0.720. The van der Waals surface area contributed by atoms with E-state index in [9.17, 15) is 9.59 Å². The summed E-state index contributed by atoms with van der Waals surface area (Å²) < 4.78 is 10.0. The molecule has 0 aliphatic carbocycles. The molecular weight excluding hydrogens is 252 g/mol. The highest BCUT2D eigenvalue weighted by Crippen LogP contribution is 2.15. The van der Waals surface area contributed by atoms with Gasteiger partial charge in [-0.25, -0.2) is 9.59 Å². The SMILES string of the molecule is COC(CNC(=O)N(C)CC1CCOCC1)C(=O)O. The fourth-order valence-corrected chi connectivity index (χ4v) is 1.99. The van der Waals surface area contributed by atoms with Gasteiger partial charge in [-0.1, -0.05) is 0 Å². The molecule has 1 atom stereocenters. The fraction of sp³-hybridized carbons (Fsp3) is 0.833. The van der Waals surface area contributed by atoms with E-state index >= 15 is 0 Å². The summed E-state index contributed by atoms with van der Waals surface area (Å²) in [5.74, 6) is -0.642. The molecule has 0 aromatic carbocycles. The lowest BCUT2D eigenvalue weighted by Gasteiger charge is -2.27. The summed E-state index contributed by atoms with van der Waals surface area (Å²) in [5.41, 5.74) is 0. The Morgan fingerprint density at radius 2 is 2.11 bits per heavy atom. The molecular formula is C12H22N2O5. The van der Waals surface area contributed by atoms with Crippen LogP contribution in [0.5, 0.6) is 0 Å². The lowest BCUT2D eigenvalue weighted by atomic mass is 10.00. The second-order valence-corrected chi connectivity index (χ2v) is 4.68. The van der Waals surface area contributed by atoms with Gasteiger partial charge in [-0.3, -0.25) is 0 Å². The zero-order chi connectivity index (χ0) is 14.3. The van der Waals surface area contributed by atoms with Crippen molar-refractivity contribution in [2.75, 3.05) is 40.5 Å². The van der Waals surface area contributed by atoms with Crippen LogP contribution >= 0.6 is 0 Å². The smallest absolute Gasteiger partial charge is 0.334 e. The number of amides is 2. The first-order chi connectivity index (χ1) is 9.04. The highest BCUT2D eigenvalue weighted by Gasteiger charge is 2.21. The first-order valence-corrected chi connectivity index (χ1v) is 6.37. The Morgan fingerprint density at radius 1 is 1.47 bits per heavy atom. The van der Waals surface area contributed by atoms with Crippen molar-refractivity contribution < 1.29 is 24.2 Å². The standard InChI is InChI=1S/C12H22N2O5/c1-14(8-9-3-5-19-6-4-9)12(17)13-7-10(18-2)11(15)16/h9-10H,3-8H2,1-2H3,(H,13,17)(H,15,16). The van der Waals surface area contributed by atoms with E-state index < -0.39 is 12.1 Å². The second-order valence-electron chi connectivity index (χ2n) is 4.68. The number of nitrogens with one attached hydrogen (secondary N) is 1. The Bertz CT molecular complexity index is 304. The molecule has 0 aromatic rings. The summed E-state index contributed by atoms with van der Waals surface area (Å²) >= 11 is 0. The van der Waals surface area contributed by atoms with Gasteiger partial charge in [0.15, 0.2) is 6.10 Å². The van der Waals surface area contributed by atoms with Gasteiger partial charge in [-0.2, -0.15) is 0 Å². The molecule has 0 aromatic heterocycles. The molecule has 7 heteroatoms. The first kappa shape index (κ1) is 15.7. The van der Waals surface area contributed by atoms with Crippen LogP contribution in [0, 0.1) is 5.92 Å². The van der Waals surface area contributed by atoms with Crippen molar-refractivity contribution in [2.45, 2.75) is 18.9 Å². The van der Waals surface area contributed by atoms with Crippen LogP contribution in [0.15, 0.2) is 0 Å². The number of aliphatic carboxylic acids is 1. The van der Waals surface area contributed by atoms with Crippen molar-refractivity contribution in [3.8, 4) is 0 Å². The predicted octanol–water partition coefficient (Wildman–Crippen LogP) is 0.154. The maximum Gasteiger partial charge on any atom is 0.334 e. The van der Waals surface area contributed by atoms with Gasteiger partial charge in [0.25, 0.3) is 0 Å². The molecule has 1 rings (SSSR count). The number of rotatable bonds is 6. The highest BCUT2D eigenvalue weighted by molar-refractivity contribution is 5.76. The van der Waals surface area contributed by atoms with Crippen LogP contribution in [0.3, 0.4) is 0 Å². The molecule has 1 fully saturated rings. The Morgan fingerprint density at radius 3 is 2.63 bits per heavy atom. The Balaban J connectivity index is 2.29. The van der Waals surface area contributed by atoms with Gasteiger partial charge in [0.05, 0.1) is 6.54 Å². The normalized spacial score (nSPS) is 17.8. The summed E-state index contributed by atoms with van der Waals surface area (Å²) in [6, 6.07) is -0.283. The lowest BCUT2D eigenvalue weighted by molar-refractivity contribution is -0.148. The summed E-state index contributed by atoms with van der Waals surface area (Å²) in [5, 5.41) is 11.3. The summed E-state index contributed by atoms with van der Waals surface area (Å²) in [6.45, 7) is 2.10. The van der Waals surface area contributed by atoms with Gasteiger partial charge < -0.3 is 24.8 Å². The third-order valence-corrected chi connectivity index (χ3v) is 3.22. The number of urea groups is 1. The van der Waals surface area contributed by atoms with E-state index in [1.165, 1.54) is 7.11 Å². The van der Waals surface area contributed by atoms with Crippen LogP contribution in [0.1, 0.15) is 12.8 Å². The molecule has 2 amide bonds. The fourth-order valence-electron chi connectivity index (χ4n) is 1.99. The summed E-state index contributed by atoms with van der Waals surface area (Å²) in [6.07, 6.45) is 0.890. The summed E-state index contributed by atoms with van der Waals surface area (Å²) in [4.78, 5) is 24.1. The van der Waals surface area contributed by atoms with Gasteiger partial charge >= 0.3 is 12.0 Å². The third-order valence-electron chi connectivity index (χ3n) is 3.22. The average molecular weight is 274 g/mol. The minimum absolute atomic E-state index is 0.0389. The molecule has 0 spiro atoms. The molecule has 1 aliphatic heterocycles. The predicted molar refractivity (Wildman–Crippen MR) is 68.0 cm³/mol. The number of ether oxygens (including phenoxy) is 2. The van der Waals surface area contributed by atoms with Crippen molar-refractivity contribution in [3.05, 3.63) is 0 Å². The van der Waals surface area contributed by atoms with Gasteiger partial charge in [0.2, 0.25) is 0 Å². The number of hydrogen-bond acceptors (Lipinski definition) is 4. The van der Waals surface area contributed by atoms with Crippen LogP contribution in [-0.4, -0.2) is 68.6 Å². The number of carbonyl (C=O) groups excluding carboxylic acids is 1. The van der Waals surface area contributed by atoms with Gasteiger partial charge in [0, 0.05) is 33.9 Å². The topological polar surface area (TPSA) is 88.1 Å². The average Bonchev–Trinajstić information content (AvgIpc) is 2.39. The molecule has 1 aliphatic rings. The van der Waals surface area contributed by atoms with E-state index in [2.05, 4.69) is 5.32 Å². The molecule has 0 radical (unpaired) electrons. The van der Waals surface area contributed by atoms with Gasteiger partial charge in [-0.15, -0.1) is 0 Å². The van der Waals surface area contributed by atoms with Crippen molar-refractivity contribution in [3.63, 3.8) is 0 Å². The van der Waals surface area contributed by atoms with Crippen LogP contribution in [-0.2, 0) is 14.3 Å².